The van der Waals surface area contributed by atoms with Crippen molar-refractivity contribution >= 4 is 25.0 Å². The molecule has 0 aliphatic rings. The summed E-state index contributed by atoms with van der Waals surface area (Å²) in [6.07, 6.45) is 2.12. The summed E-state index contributed by atoms with van der Waals surface area (Å²) in [5.74, 6) is 0. The summed E-state index contributed by atoms with van der Waals surface area (Å²) in [6.45, 7) is 22.4. The first kappa shape index (κ1) is 22.2. The minimum atomic E-state index is -3.66. The van der Waals surface area contributed by atoms with Gasteiger partial charge in [-0.3, -0.25) is 0 Å². The molecular formula is C13H36O4Si3Ti. The maximum absolute atomic E-state index is 6.45. The van der Waals surface area contributed by atoms with Gasteiger partial charge in [-0.25, -0.2) is 0 Å². The van der Waals surface area contributed by atoms with E-state index in [0.717, 1.165) is 12.8 Å². The molecule has 0 rings (SSSR count). The second-order valence-corrected chi connectivity index (χ2v) is 26.5. The molecule has 0 radical (unpaired) electrons. The fraction of sp³-hybridized carbons (Fsp3) is 1.00. The molecular weight excluding hydrogens is 352 g/mol. The molecule has 0 spiro atoms. The molecule has 128 valence electrons. The van der Waals surface area contributed by atoms with Gasteiger partial charge in [0.2, 0.25) is 0 Å². The van der Waals surface area contributed by atoms with Crippen molar-refractivity contribution in [3.63, 3.8) is 0 Å². The van der Waals surface area contributed by atoms with E-state index < -0.39 is 43.1 Å². The molecule has 4 nitrogen and oxygen atoms in total. The summed E-state index contributed by atoms with van der Waals surface area (Å²) in [5, 5.41) is 0. The molecule has 0 saturated heterocycles. The van der Waals surface area contributed by atoms with E-state index in [-0.39, 0.29) is 0 Å². The van der Waals surface area contributed by atoms with Gasteiger partial charge in [0.05, 0.1) is 0 Å². The van der Waals surface area contributed by atoms with Gasteiger partial charge in [-0.1, -0.05) is 0 Å². The van der Waals surface area contributed by atoms with Crippen LogP contribution in [0.15, 0.2) is 0 Å². The summed E-state index contributed by atoms with van der Waals surface area (Å²) in [5.41, 5.74) is 0. The Balaban J connectivity index is 5.36. The van der Waals surface area contributed by atoms with Gasteiger partial charge >= 0.3 is 141 Å². The molecule has 0 aliphatic heterocycles. The van der Waals surface area contributed by atoms with Gasteiger partial charge in [-0.2, -0.15) is 0 Å². The molecule has 0 atom stereocenters. The van der Waals surface area contributed by atoms with Crippen LogP contribution < -0.4 is 0 Å². The number of rotatable bonds is 10. The normalized spacial score (nSPS) is 14.6. The Bertz CT molecular complexity index is 267. The Morgan fingerprint density at radius 3 is 1.24 bits per heavy atom. The Morgan fingerprint density at radius 1 is 0.667 bits per heavy atom. The molecule has 0 aromatic heterocycles. The number of hydrogen-bond donors (Lipinski definition) is 0. The second kappa shape index (κ2) is 8.35. The van der Waals surface area contributed by atoms with Crippen molar-refractivity contribution in [2.75, 3.05) is 6.61 Å². The van der Waals surface area contributed by atoms with Crippen LogP contribution in [-0.4, -0.2) is 31.6 Å². The van der Waals surface area contributed by atoms with Crippen LogP contribution in [0.25, 0.3) is 0 Å². The first-order valence-electron chi connectivity index (χ1n) is 7.92. The SMILES string of the molecule is CCCC[O][Ti]([O][Si](C)(C)C)([O][Si](C)(C)C)[O][Si](C)(C)C. The van der Waals surface area contributed by atoms with Gasteiger partial charge in [0.15, 0.2) is 0 Å². The molecule has 0 heterocycles. The zero-order chi connectivity index (χ0) is 16.9. The average molecular weight is 389 g/mol. The van der Waals surface area contributed by atoms with E-state index in [4.69, 9.17) is 12.3 Å². The molecule has 0 bridgehead atoms. The van der Waals surface area contributed by atoms with Crippen LogP contribution in [0, 0.1) is 0 Å². The third-order valence-electron chi connectivity index (χ3n) is 2.07. The van der Waals surface area contributed by atoms with E-state index in [9.17, 15) is 0 Å². The van der Waals surface area contributed by atoms with E-state index in [2.05, 4.69) is 65.8 Å². The van der Waals surface area contributed by atoms with Gasteiger partial charge < -0.3 is 0 Å². The van der Waals surface area contributed by atoms with Crippen molar-refractivity contribution in [3.8, 4) is 0 Å². The van der Waals surface area contributed by atoms with E-state index in [0.29, 0.717) is 6.61 Å². The van der Waals surface area contributed by atoms with E-state index in [1.54, 1.807) is 0 Å². The summed E-state index contributed by atoms with van der Waals surface area (Å²) in [7, 11) is -5.40. The molecule has 0 N–H and O–H groups in total. The molecule has 0 aromatic carbocycles. The van der Waals surface area contributed by atoms with Crippen LogP contribution in [0.3, 0.4) is 0 Å². The third kappa shape index (κ3) is 12.3. The second-order valence-electron chi connectivity index (χ2n) is 8.35. The summed E-state index contributed by atoms with van der Waals surface area (Å²) in [6, 6.07) is 0. The van der Waals surface area contributed by atoms with Crippen LogP contribution in [0.5, 0.6) is 0 Å². The topological polar surface area (TPSA) is 36.9 Å². The van der Waals surface area contributed by atoms with Crippen molar-refractivity contribution in [1.82, 2.24) is 0 Å². The fourth-order valence-corrected chi connectivity index (χ4v) is 18.3. The van der Waals surface area contributed by atoms with Crippen molar-refractivity contribution in [3.05, 3.63) is 0 Å². The van der Waals surface area contributed by atoms with Gasteiger partial charge in [0, 0.05) is 0 Å². The zero-order valence-electron chi connectivity index (χ0n) is 15.8. The quantitative estimate of drug-likeness (QED) is 0.382. The Kier molecular flexibility index (Phi) is 8.83. The van der Waals surface area contributed by atoms with E-state index in [1.165, 1.54) is 0 Å². The molecule has 0 aromatic rings. The molecule has 0 amide bonds. The van der Waals surface area contributed by atoms with Crippen LogP contribution >= 0.6 is 0 Å². The van der Waals surface area contributed by atoms with Gasteiger partial charge in [0.1, 0.15) is 0 Å². The van der Waals surface area contributed by atoms with Gasteiger partial charge in [-0.05, 0) is 0 Å². The van der Waals surface area contributed by atoms with Crippen molar-refractivity contribution < 1.29 is 30.5 Å². The van der Waals surface area contributed by atoms with Crippen LogP contribution in [-0.2, 0) is 30.5 Å². The summed E-state index contributed by atoms with van der Waals surface area (Å²) < 4.78 is 25.6. The average Bonchev–Trinajstić information content (AvgIpc) is 2.08. The monoisotopic (exact) mass is 388 g/mol. The zero-order valence-corrected chi connectivity index (χ0v) is 20.3. The van der Waals surface area contributed by atoms with E-state index in [1.807, 2.05) is 0 Å². The Hall–Kier alpha value is 1.20. The Morgan fingerprint density at radius 2 is 1.00 bits per heavy atom. The number of unbranched alkanes of at least 4 members (excludes halogenated alkanes) is 1. The molecule has 8 heteroatoms. The van der Waals surface area contributed by atoms with Crippen LogP contribution in [0.1, 0.15) is 19.8 Å². The number of hydrogen-bond acceptors (Lipinski definition) is 4. The minimum absolute atomic E-state index is 0.677. The summed E-state index contributed by atoms with van der Waals surface area (Å²) in [4.78, 5) is 0. The molecule has 21 heavy (non-hydrogen) atoms. The standard InChI is InChI=1S/C4H9O.3C3H9OSi.Ti/c1-2-3-4-5;3*1-5(2,3)4;/h2-4H2,1H3;3*1-3H3;/q4*-1;+4. The molecule has 0 aliphatic carbocycles. The van der Waals surface area contributed by atoms with Crippen molar-refractivity contribution in [2.45, 2.75) is 78.7 Å². The predicted molar refractivity (Wildman–Crippen MR) is 94.2 cm³/mol. The first-order chi connectivity index (χ1) is 9.18. The molecule has 0 unspecified atom stereocenters. The molecule has 0 saturated carbocycles. The fourth-order valence-electron chi connectivity index (χ4n) is 1.62. The van der Waals surface area contributed by atoms with Gasteiger partial charge in [0.25, 0.3) is 0 Å². The third-order valence-corrected chi connectivity index (χ3v) is 17.6. The first-order valence-corrected chi connectivity index (χ1v) is 20.7. The molecule has 0 fully saturated rings. The Labute approximate surface area is 140 Å². The van der Waals surface area contributed by atoms with E-state index >= 15 is 0 Å². The van der Waals surface area contributed by atoms with Gasteiger partial charge in [-0.15, -0.1) is 0 Å². The van der Waals surface area contributed by atoms with Crippen molar-refractivity contribution in [2.24, 2.45) is 0 Å². The van der Waals surface area contributed by atoms with Crippen LogP contribution in [0.4, 0.5) is 0 Å². The summed E-state index contributed by atoms with van der Waals surface area (Å²) >= 11 is -3.66. The predicted octanol–water partition coefficient (Wildman–Crippen LogP) is 5.17. The van der Waals surface area contributed by atoms with Crippen molar-refractivity contribution in [1.29, 1.82) is 0 Å². The maximum atomic E-state index is 6.45. The van der Waals surface area contributed by atoms with Crippen LogP contribution in [0.2, 0.25) is 58.9 Å².